The maximum Gasteiger partial charge on any atom is 0.332 e. The van der Waals surface area contributed by atoms with E-state index in [1.165, 1.54) is 11.6 Å². The van der Waals surface area contributed by atoms with E-state index in [1.54, 1.807) is 13.8 Å². The number of benzene rings is 1. The lowest BCUT2D eigenvalue weighted by Gasteiger charge is -2.19. The van der Waals surface area contributed by atoms with Gasteiger partial charge in [0, 0.05) is 17.5 Å². The highest BCUT2D eigenvalue weighted by Gasteiger charge is 2.14. The maximum absolute atomic E-state index is 11.7. The van der Waals surface area contributed by atoms with Crippen LogP contribution in [0.2, 0.25) is 0 Å². The molecule has 24 heavy (non-hydrogen) atoms. The summed E-state index contributed by atoms with van der Waals surface area (Å²) in [4.78, 5) is 23.4. The Bertz CT molecular complexity index is 582. The van der Waals surface area contributed by atoms with Gasteiger partial charge < -0.3 is 14.8 Å². The highest BCUT2D eigenvalue weighted by atomic mass is 16.5. The van der Waals surface area contributed by atoms with E-state index in [1.807, 2.05) is 24.3 Å². The first-order valence-electron chi connectivity index (χ1n) is 8.16. The summed E-state index contributed by atoms with van der Waals surface area (Å²) in [5, 5.41) is 3.10. The molecule has 0 spiro atoms. The van der Waals surface area contributed by atoms with E-state index in [2.05, 4.69) is 26.1 Å². The lowest BCUT2D eigenvalue weighted by molar-refractivity contribution is -0.142. The van der Waals surface area contributed by atoms with Gasteiger partial charge in [-0.3, -0.25) is 4.79 Å². The summed E-state index contributed by atoms with van der Waals surface area (Å²) in [6.07, 6.45) is 1.27. The van der Waals surface area contributed by atoms with Gasteiger partial charge in [0.1, 0.15) is 0 Å². The molecule has 0 unspecified atom stereocenters. The minimum Gasteiger partial charge on any atom is -0.466 e. The Morgan fingerprint density at radius 2 is 1.62 bits per heavy atom. The van der Waals surface area contributed by atoms with Crippen LogP contribution >= 0.6 is 0 Å². The quantitative estimate of drug-likeness (QED) is 0.607. The molecule has 1 aromatic rings. The number of ether oxygens (including phenoxy) is 2. The van der Waals surface area contributed by atoms with E-state index in [0.29, 0.717) is 12.3 Å². The number of nitrogens with one attached hydrogen (secondary N) is 1. The van der Waals surface area contributed by atoms with Gasteiger partial charge in [0.25, 0.3) is 0 Å². The monoisotopic (exact) mass is 333 g/mol. The smallest absolute Gasteiger partial charge is 0.332 e. The molecule has 0 atom stereocenters. The lowest BCUT2D eigenvalue weighted by atomic mass is 9.87. The van der Waals surface area contributed by atoms with E-state index in [0.717, 1.165) is 5.69 Å². The number of hydrogen-bond donors (Lipinski definition) is 1. The molecule has 0 aliphatic heterocycles. The largest absolute Gasteiger partial charge is 0.466 e. The molecule has 1 aromatic carbocycles. The second kappa shape index (κ2) is 9.11. The third-order valence-electron chi connectivity index (χ3n) is 3.27. The molecule has 132 valence electrons. The van der Waals surface area contributed by atoms with Gasteiger partial charge in [0.2, 0.25) is 0 Å². The Morgan fingerprint density at radius 3 is 2.12 bits per heavy atom. The molecule has 0 aliphatic carbocycles. The van der Waals surface area contributed by atoms with E-state index in [-0.39, 0.29) is 18.4 Å². The molecule has 0 saturated carbocycles. The van der Waals surface area contributed by atoms with Crippen LogP contribution in [0.5, 0.6) is 0 Å². The standard InChI is InChI=1S/C19H27NO4/c1-6-23-17(21)12-16(13-18(22)24-7-2)20-15-10-8-14(9-11-15)19(3,4)5/h8-12,20H,6-7,13H2,1-5H3/b16-12-. The van der Waals surface area contributed by atoms with Crippen molar-refractivity contribution in [1.82, 2.24) is 0 Å². The molecule has 0 aromatic heterocycles. The number of hydrogen-bond acceptors (Lipinski definition) is 5. The highest BCUT2D eigenvalue weighted by molar-refractivity contribution is 5.85. The van der Waals surface area contributed by atoms with Crippen molar-refractivity contribution in [2.24, 2.45) is 0 Å². The van der Waals surface area contributed by atoms with Gasteiger partial charge in [0.05, 0.1) is 19.6 Å². The Hall–Kier alpha value is -2.30. The average molecular weight is 333 g/mol. The minimum absolute atomic E-state index is 0.0202. The van der Waals surface area contributed by atoms with Crippen molar-refractivity contribution in [3.63, 3.8) is 0 Å². The molecule has 0 saturated heterocycles. The molecule has 1 N–H and O–H groups in total. The fourth-order valence-corrected chi connectivity index (χ4v) is 2.06. The highest BCUT2D eigenvalue weighted by Crippen LogP contribution is 2.24. The normalized spacial score (nSPS) is 11.8. The summed E-state index contributed by atoms with van der Waals surface area (Å²) >= 11 is 0. The Labute approximate surface area is 144 Å². The van der Waals surface area contributed by atoms with Crippen LogP contribution in [0.4, 0.5) is 5.69 Å². The van der Waals surface area contributed by atoms with Crippen molar-refractivity contribution >= 4 is 17.6 Å². The molecule has 5 nitrogen and oxygen atoms in total. The van der Waals surface area contributed by atoms with E-state index in [4.69, 9.17) is 9.47 Å². The van der Waals surface area contributed by atoms with Gasteiger partial charge in [-0.1, -0.05) is 32.9 Å². The van der Waals surface area contributed by atoms with Gasteiger partial charge in [-0.05, 0) is 37.0 Å². The molecule has 0 radical (unpaired) electrons. The van der Waals surface area contributed by atoms with Gasteiger partial charge in [-0.2, -0.15) is 0 Å². The van der Waals surface area contributed by atoms with Crippen LogP contribution in [0.25, 0.3) is 0 Å². The first-order chi connectivity index (χ1) is 11.3. The predicted octanol–water partition coefficient (Wildman–Crippen LogP) is 3.80. The summed E-state index contributed by atoms with van der Waals surface area (Å²) in [7, 11) is 0. The minimum atomic E-state index is -0.490. The second-order valence-corrected chi connectivity index (χ2v) is 6.36. The molecule has 5 heteroatoms. The van der Waals surface area contributed by atoms with Crippen LogP contribution in [-0.2, 0) is 24.5 Å². The third kappa shape index (κ3) is 6.86. The number of anilines is 1. The first kappa shape index (κ1) is 19.7. The Balaban J connectivity index is 2.91. The number of esters is 2. The van der Waals surface area contributed by atoms with Crippen LogP contribution < -0.4 is 5.32 Å². The lowest BCUT2D eigenvalue weighted by Crippen LogP contribution is -2.13. The number of rotatable bonds is 7. The van der Waals surface area contributed by atoms with Crippen molar-refractivity contribution in [1.29, 1.82) is 0 Å². The van der Waals surface area contributed by atoms with E-state index in [9.17, 15) is 9.59 Å². The van der Waals surface area contributed by atoms with Crippen molar-refractivity contribution in [3.8, 4) is 0 Å². The summed E-state index contributed by atoms with van der Waals surface area (Å²) in [6.45, 7) is 10.5. The van der Waals surface area contributed by atoms with Gasteiger partial charge >= 0.3 is 11.9 Å². The fraction of sp³-hybridized carbons (Fsp3) is 0.474. The number of carbonyl (C=O) groups excluding carboxylic acids is 2. The number of carbonyl (C=O) groups is 2. The Kier molecular flexibility index (Phi) is 7.49. The first-order valence-corrected chi connectivity index (χ1v) is 8.16. The van der Waals surface area contributed by atoms with Crippen LogP contribution in [0.15, 0.2) is 36.0 Å². The zero-order valence-corrected chi connectivity index (χ0v) is 15.1. The van der Waals surface area contributed by atoms with Crippen molar-refractivity contribution in [2.75, 3.05) is 18.5 Å². The zero-order valence-electron chi connectivity index (χ0n) is 15.1. The van der Waals surface area contributed by atoms with Gasteiger partial charge in [0.15, 0.2) is 0 Å². The molecule has 0 bridgehead atoms. The van der Waals surface area contributed by atoms with Crippen molar-refractivity contribution < 1.29 is 19.1 Å². The van der Waals surface area contributed by atoms with Gasteiger partial charge in [-0.15, -0.1) is 0 Å². The maximum atomic E-state index is 11.7. The van der Waals surface area contributed by atoms with E-state index < -0.39 is 11.9 Å². The molecular weight excluding hydrogens is 306 g/mol. The summed E-state index contributed by atoms with van der Waals surface area (Å²) < 4.78 is 9.85. The second-order valence-electron chi connectivity index (χ2n) is 6.36. The van der Waals surface area contributed by atoms with Crippen LogP contribution in [0, 0.1) is 0 Å². The third-order valence-corrected chi connectivity index (χ3v) is 3.27. The fourth-order valence-electron chi connectivity index (χ4n) is 2.06. The molecule has 0 aliphatic rings. The van der Waals surface area contributed by atoms with Crippen LogP contribution in [-0.4, -0.2) is 25.2 Å². The summed E-state index contributed by atoms with van der Waals surface area (Å²) in [6, 6.07) is 7.89. The predicted molar refractivity (Wildman–Crippen MR) is 94.7 cm³/mol. The zero-order chi connectivity index (χ0) is 18.2. The molecule has 1 rings (SSSR count). The van der Waals surface area contributed by atoms with Gasteiger partial charge in [-0.25, -0.2) is 4.79 Å². The SMILES string of the molecule is CCOC(=O)/C=C(/CC(=O)OCC)Nc1ccc(C(C)(C)C)cc1. The van der Waals surface area contributed by atoms with Crippen LogP contribution in [0.1, 0.15) is 46.6 Å². The molecule has 0 heterocycles. The summed E-state index contributed by atoms with van der Waals surface area (Å²) in [5.74, 6) is -0.887. The van der Waals surface area contributed by atoms with Crippen molar-refractivity contribution in [3.05, 3.63) is 41.6 Å². The summed E-state index contributed by atoms with van der Waals surface area (Å²) in [5.41, 5.74) is 2.50. The molecular formula is C19H27NO4. The van der Waals surface area contributed by atoms with Crippen molar-refractivity contribution in [2.45, 2.75) is 46.5 Å². The Morgan fingerprint density at radius 1 is 1.04 bits per heavy atom. The van der Waals surface area contributed by atoms with E-state index >= 15 is 0 Å². The average Bonchev–Trinajstić information content (AvgIpc) is 2.47. The molecule has 0 amide bonds. The topological polar surface area (TPSA) is 64.6 Å². The molecule has 0 fully saturated rings. The van der Waals surface area contributed by atoms with Crippen LogP contribution in [0.3, 0.4) is 0 Å².